The van der Waals surface area contributed by atoms with Gasteiger partial charge in [-0.25, -0.2) is 4.39 Å². The number of fused-ring (bicyclic) bond motifs is 1. The number of halogens is 1. The van der Waals surface area contributed by atoms with Crippen LogP contribution in [0.15, 0.2) is 66.7 Å². The summed E-state index contributed by atoms with van der Waals surface area (Å²) >= 11 is 1.11. The van der Waals surface area contributed by atoms with E-state index >= 15 is 0 Å². The number of aromatic nitrogens is 2. The van der Waals surface area contributed by atoms with Gasteiger partial charge < -0.3 is 14.4 Å². The van der Waals surface area contributed by atoms with Crippen molar-refractivity contribution >= 4 is 17.4 Å². The van der Waals surface area contributed by atoms with Gasteiger partial charge in [-0.2, -0.15) is 9.36 Å². The first kappa shape index (κ1) is 22.0. The van der Waals surface area contributed by atoms with Crippen molar-refractivity contribution in [1.29, 1.82) is 0 Å². The maximum Gasteiger partial charge on any atom is 0.298 e. The standard InChI is InChI=1S/C26H22FN3O3S/c1-32-22-11-8-19(25(31)30-13-12-18-4-2-3-5-20(18)16-30)15-23(22)33-26-28-24(29-34-26)14-17-6-9-21(27)10-7-17/h2-11,15H,12-14,16H2,1H3. The molecule has 1 aromatic heterocycles. The van der Waals surface area contributed by atoms with Crippen molar-refractivity contribution in [3.05, 3.63) is 101 Å². The highest BCUT2D eigenvalue weighted by atomic mass is 32.1. The number of benzene rings is 3. The zero-order valence-corrected chi connectivity index (χ0v) is 19.3. The number of hydrogen-bond donors (Lipinski definition) is 0. The van der Waals surface area contributed by atoms with Crippen molar-refractivity contribution in [2.24, 2.45) is 0 Å². The monoisotopic (exact) mass is 475 g/mol. The van der Waals surface area contributed by atoms with Crippen LogP contribution in [0.25, 0.3) is 0 Å². The summed E-state index contributed by atoms with van der Waals surface area (Å²) in [4.78, 5) is 19.5. The first-order valence-electron chi connectivity index (χ1n) is 10.9. The molecule has 4 aromatic rings. The molecule has 0 saturated carbocycles. The van der Waals surface area contributed by atoms with Gasteiger partial charge in [0.25, 0.3) is 11.1 Å². The van der Waals surface area contributed by atoms with Crippen molar-refractivity contribution in [3.8, 4) is 16.7 Å². The summed E-state index contributed by atoms with van der Waals surface area (Å²) in [5.41, 5.74) is 3.89. The molecule has 2 heterocycles. The first-order chi connectivity index (χ1) is 16.6. The molecule has 0 bridgehead atoms. The van der Waals surface area contributed by atoms with Crippen LogP contribution in [0.5, 0.6) is 16.7 Å². The lowest BCUT2D eigenvalue weighted by atomic mass is 9.99. The van der Waals surface area contributed by atoms with E-state index in [-0.39, 0.29) is 11.7 Å². The van der Waals surface area contributed by atoms with E-state index in [1.807, 2.05) is 17.0 Å². The predicted molar refractivity (Wildman–Crippen MR) is 127 cm³/mol. The lowest BCUT2D eigenvalue weighted by molar-refractivity contribution is 0.0734. The molecular weight excluding hydrogens is 453 g/mol. The van der Waals surface area contributed by atoms with Crippen LogP contribution < -0.4 is 9.47 Å². The van der Waals surface area contributed by atoms with Crippen LogP contribution in [-0.4, -0.2) is 33.8 Å². The maximum atomic E-state index is 13.2. The Bertz CT molecular complexity index is 1320. The van der Waals surface area contributed by atoms with E-state index in [9.17, 15) is 9.18 Å². The van der Waals surface area contributed by atoms with Gasteiger partial charge in [-0.15, -0.1) is 0 Å². The Kier molecular flexibility index (Phi) is 6.22. The van der Waals surface area contributed by atoms with Crippen molar-refractivity contribution in [2.75, 3.05) is 13.7 Å². The van der Waals surface area contributed by atoms with Gasteiger partial charge in [0.15, 0.2) is 17.3 Å². The van der Waals surface area contributed by atoms with Gasteiger partial charge >= 0.3 is 0 Å². The van der Waals surface area contributed by atoms with Crippen molar-refractivity contribution in [3.63, 3.8) is 0 Å². The molecule has 3 aromatic carbocycles. The summed E-state index contributed by atoms with van der Waals surface area (Å²) in [5, 5.41) is 0.340. The zero-order valence-electron chi connectivity index (χ0n) is 18.5. The SMILES string of the molecule is COc1ccc(C(=O)N2CCc3ccccc3C2)cc1Oc1nc(Cc2ccc(F)cc2)ns1. The summed E-state index contributed by atoms with van der Waals surface area (Å²) in [5.74, 6) is 1.13. The normalized spacial score (nSPS) is 12.8. The van der Waals surface area contributed by atoms with E-state index in [2.05, 4.69) is 21.5 Å². The summed E-state index contributed by atoms with van der Waals surface area (Å²) in [7, 11) is 1.55. The largest absolute Gasteiger partial charge is 0.493 e. The van der Waals surface area contributed by atoms with Gasteiger partial charge in [0.05, 0.1) is 7.11 Å². The van der Waals surface area contributed by atoms with Crippen LogP contribution in [0.4, 0.5) is 4.39 Å². The molecule has 5 rings (SSSR count). The third-order valence-corrected chi connectivity index (χ3v) is 6.38. The molecule has 8 heteroatoms. The number of carbonyl (C=O) groups excluding carboxylic acids is 1. The molecular formula is C26H22FN3O3S. The molecule has 0 radical (unpaired) electrons. The number of hydrogen-bond acceptors (Lipinski definition) is 6. The molecule has 0 fully saturated rings. The van der Waals surface area contributed by atoms with Gasteiger partial charge in [0, 0.05) is 36.6 Å². The van der Waals surface area contributed by atoms with Crippen LogP contribution in [0.3, 0.4) is 0 Å². The number of methoxy groups -OCH3 is 1. The third-order valence-electron chi connectivity index (χ3n) is 5.75. The summed E-state index contributed by atoms with van der Waals surface area (Å²) < 4.78 is 28.9. The number of carbonyl (C=O) groups is 1. The highest BCUT2D eigenvalue weighted by Crippen LogP contribution is 2.34. The fraction of sp³-hybridized carbons (Fsp3) is 0.192. The Morgan fingerprint density at radius 3 is 2.65 bits per heavy atom. The third kappa shape index (κ3) is 4.77. The van der Waals surface area contributed by atoms with Gasteiger partial charge in [-0.3, -0.25) is 4.79 Å². The summed E-state index contributed by atoms with van der Waals surface area (Å²) in [6, 6.07) is 19.6. The van der Waals surface area contributed by atoms with Crippen LogP contribution in [0.1, 0.15) is 32.9 Å². The first-order valence-corrected chi connectivity index (χ1v) is 11.7. The second-order valence-corrected chi connectivity index (χ2v) is 8.71. The Morgan fingerprint density at radius 2 is 1.85 bits per heavy atom. The number of ether oxygens (including phenoxy) is 2. The van der Waals surface area contributed by atoms with Crippen molar-refractivity contribution < 1.29 is 18.7 Å². The van der Waals surface area contributed by atoms with E-state index in [4.69, 9.17) is 9.47 Å². The second kappa shape index (κ2) is 9.61. The average Bonchev–Trinajstić information content (AvgIpc) is 3.31. The molecule has 172 valence electrons. The highest BCUT2D eigenvalue weighted by molar-refractivity contribution is 7.07. The highest BCUT2D eigenvalue weighted by Gasteiger charge is 2.23. The van der Waals surface area contributed by atoms with Gasteiger partial charge in [-0.05, 0) is 53.4 Å². The topological polar surface area (TPSA) is 64.5 Å². The molecule has 0 atom stereocenters. The minimum absolute atomic E-state index is 0.0590. The van der Waals surface area contributed by atoms with E-state index in [1.54, 1.807) is 37.4 Å². The number of amides is 1. The van der Waals surface area contributed by atoms with Crippen molar-refractivity contribution in [1.82, 2.24) is 14.3 Å². The molecule has 0 unspecified atom stereocenters. The predicted octanol–water partition coefficient (Wildman–Crippen LogP) is 5.27. The minimum Gasteiger partial charge on any atom is -0.493 e. The lowest BCUT2D eigenvalue weighted by Crippen LogP contribution is -2.35. The fourth-order valence-corrected chi connectivity index (χ4v) is 4.53. The Hall–Kier alpha value is -3.78. The molecule has 0 saturated heterocycles. The summed E-state index contributed by atoms with van der Waals surface area (Å²) in [6.07, 6.45) is 1.30. The Morgan fingerprint density at radius 1 is 1.06 bits per heavy atom. The van der Waals surface area contributed by atoms with Crippen LogP contribution in [0, 0.1) is 5.82 Å². The van der Waals surface area contributed by atoms with Gasteiger partial charge in [-0.1, -0.05) is 36.4 Å². The van der Waals surface area contributed by atoms with E-state index < -0.39 is 0 Å². The lowest BCUT2D eigenvalue weighted by Gasteiger charge is -2.29. The molecule has 6 nitrogen and oxygen atoms in total. The fourth-order valence-electron chi connectivity index (χ4n) is 3.97. The Labute approximate surface area is 200 Å². The molecule has 1 aliphatic rings. The van der Waals surface area contributed by atoms with E-state index in [0.29, 0.717) is 47.6 Å². The van der Waals surface area contributed by atoms with Gasteiger partial charge in [0.2, 0.25) is 0 Å². The van der Waals surface area contributed by atoms with E-state index in [0.717, 1.165) is 23.5 Å². The van der Waals surface area contributed by atoms with E-state index in [1.165, 1.54) is 23.3 Å². The molecule has 0 spiro atoms. The second-order valence-electron chi connectivity index (χ2n) is 7.99. The Balaban J connectivity index is 1.32. The molecule has 1 aliphatic heterocycles. The molecule has 0 aliphatic carbocycles. The van der Waals surface area contributed by atoms with Gasteiger partial charge in [0.1, 0.15) is 5.82 Å². The van der Waals surface area contributed by atoms with Crippen molar-refractivity contribution in [2.45, 2.75) is 19.4 Å². The zero-order chi connectivity index (χ0) is 23.5. The molecule has 0 N–H and O–H groups in total. The minimum atomic E-state index is -0.283. The molecule has 1 amide bonds. The van der Waals surface area contributed by atoms with Crippen LogP contribution in [-0.2, 0) is 19.4 Å². The summed E-state index contributed by atoms with van der Waals surface area (Å²) in [6.45, 7) is 1.25. The smallest absolute Gasteiger partial charge is 0.298 e. The van der Waals surface area contributed by atoms with Crippen LogP contribution in [0.2, 0.25) is 0 Å². The quantitative estimate of drug-likeness (QED) is 0.380. The number of rotatable bonds is 6. The maximum absolute atomic E-state index is 13.2. The number of nitrogens with zero attached hydrogens (tertiary/aromatic N) is 3. The average molecular weight is 476 g/mol. The van der Waals surface area contributed by atoms with Crippen LogP contribution >= 0.6 is 11.5 Å². The molecule has 34 heavy (non-hydrogen) atoms.